The summed E-state index contributed by atoms with van der Waals surface area (Å²) in [4.78, 5) is 10.8. The van der Waals surface area contributed by atoms with Crippen LogP contribution in [0.15, 0.2) is 29.7 Å². The number of sulfonamides is 1. The molecule has 6 nitrogen and oxygen atoms in total. The Morgan fingerprint density at radius 3 is 2.45 bits per heavy atom. The molecule has 0 aliphatic heterocycles. The Labute approximate surface area is 121 Å². The lowest BCUT2D eigenvalue weighted by molar-refractivity contribution is -0.139. The fraction of sp³-hybridized carbons (Fsp3) is 0.250. The first-order valence-electron chi connectivity index (χ1n) is 5.64. The molecule has 1 aromatic rings. The third kappa shape index (κ3) is 5.70. The average Bonchev–Trinajstić information content (AvgIpc) is 2.37. The molecule has 0 aliphatic carbocycles. The van der Waals surface area contributed by atoms with Crippen LogP contribution in [0.25, 0.3) is 6.08 Å². The lowest BCUT2D eigenvalue weighted by Gasteiger charge is -2.11. The quantitative estimate of drug-likeness (QED) is 0.697. The van der Waals surface area contributed by atoms with Crippen molar-refractivity contribution in [2.45, 2.75) is 12.5 Å². The number of carboxylic acid groups (broad SMARTS) is 1. The monoisotopic (exact) mass is 319 g/mol. The van der Waals surface area contributed by atoms with Crippen molar-refractivity contribution in [3.05, 3.63) is 40.3 Å². The van der Waals surface area contributed by atoms with E-state index in [1.165, 1.54) is 6.08 Å². The summed E-state index contributed by atoms with van der Waals surface area (Å²) in [6.45, 7) is -0.430. The minimum atomic E-state index is -3.91. The van der Waals surface area contributed by atoms with Gasteiger partial charge in [0.2, 0.25) is 10.0 Å². The number of carboxylic acids is 1. The molecular formula is C12H14ClNO5S. The molecule has 0 spiro atoms. The van der Waals surface area contributed by atoms with Crippen LogP contribution in [-0.2, 0) is 14.8 Å². The summed E-state index contributed by atoms with van der Waals surface area (Å²) in [5.41, 5.74) is 0.605. The van der Waals surface area contributed by atoms with Crippen LogP contribution in [0.3, 0.4) is 0 Å². The summed E-state index contributed by atoms with van der Waals surface area (Å²) in [6, 6.07) is 5.09. The molecule has 0 bridgehead atoms. The number of benzene rings is 1. The van der Waals surface area contributed by atoms with E-state index in [2.05, 4.69) is 0 Å². The molecule has 0 radical (unpaired) electrons. The van der Waals surface area contributed by atoms with Gasteiger partial charge in [0.25, 0.3) is 0 Å². The molecule has 0 fully saturated rings. The molecule has 0 saturated heterocycles. The molecule has 1 atom stereocenters. The zero-order chi connectivity index (χ0) is 15.2. The van der Waals surface area contributed by atoms with Gasteiger partial charge in [0, 0.05) is 17.0 Å². The second kappa shape index (κ2) is 7.39. The van der Waals surface area contributed by atoms with Gasteiger partial charge in [-0.15, -0.1) is 0 Å². The normalized spacial score (nSPS) is 13.5. The number of rotatable bonds is 7. The number of aliphatic hydroxyl groups excluding tert-OH is 1. The van der Waals surface area contributed by atoms with Gasteiger partial charge in [0.05, 0.1) is 0 Å². The summed E-state index contributed by atoms with van der Waals surface area (Å²) < 4.78 is 25.4. The van der Waals surface area contributed by atoms with Gasteiger partial charge in [-0.2, -0.15) is 4.72 Å². The third-order valence-electron chi connectivity index (χ3n) is 2.33. The molecule has 1 aromatic carbocycles. The first kappa shape index (κ1) is 16.6. The van der Waals surface area contributed by atoms with Crippen LogP contribution in [0.5, 0.6) is 0 Å². The van der Waals surface area contributed by atoms with Crippen LogP contribution >= 0.6 is 11.6 Å². The van der Waals surface area contributed by atoms with E-state index in [1.54, 1.807) is 24.3 Å². The number of nitrogens with one attached hydrogen (secondary N) is 1. The van der Waals surface area contributed by atoms with Crippen LogP contribution in [0.1, 0.15) is 12.0 Å². The van der Waals surface area contributed by atoms with Crippen molar-refractivity contribution >= 4 is 33.7 Å². The Balaban J connectivity index is 2.78. The minimum absolute atomic E-state index is 0.205. The Kier molecular flexibility index (Phi) is 6.15. The zero-order valence-corrected chi connectivity index (χ0v) is 11.9. The standard InChI is InChI=1S/C12H14ClNO5S/c13-10-3-1-9(2-4-10)6-8-20(18,19)14-11(5-7-15)12(16)17/h1-4,6,8,11,14-15H,5,7H2,(H,16,17). The molecule has 0 aliphatic rings. The van der Waals surface area contributed by atoms with Crippen LogP contribution in [0.2, 0.25) is 5.02 Å². The summed E-state index contributed by atoms with van der Waals surface area (Å²) >= 11 is 5.70. The average molecular weight is 320 g/mol. The van der Waals surface area contributed by atoms with E-state index in [1.807, 2.05) is 4.72 Å². The molecule has 1 unspecified atom stereocenters. The molecule has 1 rings (SSSR count). The lowest BCUT2D eigenvalue weighted by Crippen LogP contribution is -2.40. The topological polar surface area (TPSA) is 104 Å². The van der Waals surface area contributed by atoms with E-state index >= 15 is 0 Å². The van der Waals surface area contributed by atoms with Crippen molar-refractivity contribution < 1.29 is 23.4 Å². The van der Waals surface area contributed by atoms with Crippen molar-refractivity contribution in [2.75, 3.05) is 6.61 Å². The summed E-state index contributed by atoms with van der Waals surface area (Å²) in [5, 5.41) is 18.9. The smallest absolute Gasteiger partial charge is 0.321 e. The highest BCUT2D eigenvalue weighted by molar-refractivity contribution is 7.92. The second-order valence-corrected chi connectivity index (χ2v) is 5.95. The highest BCUT2D eigenvalue weighted by Crippen LogP contribution is 2.11. The molecule has 20 heavy (non-hydrogen) atoms. The van der Waals surface area contributed by atoms with Crippen molar-refractivity contribution in [3.8, 4) is 0 Å². The van der Waals surface area contributed by atoms with E-state index < -0.39 is 28.6 Å². The maximum absolute atomic E-state index is 11.7. The van der Waals surface area contributed by atoms with Crippen molar-refractivity contribution in [3.63, 3.8) is 0 Å². The molecular weight excluding hydrogens is 306 g/mol. The van der Waals surface area contributed by atoms with Gasteiger partial charge in [0.1, 0.15) is 6.04 Å². The fourth-order valence-electron chi connectivity index (χ4n) is 1.34. The number of hydrogen-bond donors (Lipinski definition) is 3. The van der Waals surface area contributed by atoms with E-state index in [-0.39, 0.29) is 6.42 Å². The predicted octanol–water partition coefficient (Wildman–Crippen LogP) is 1.07. The number of carbonyl (C=O) groups is 1. The minimum Gasteiger partial charge on any atom is -0.480 e. The molecule has 3 N–H and O–H groups in total. The fourth-order valence-corrected chi connectivity index (χ4v) is 2.50. The van der Waals surface area contributed by atoms with Gasteiger partial charge in [-0.25, -0.2) is 8.42 Å². The van der Waals surface area contributed by atoms with E-state index in [9.17, 15) is 13.2 Å². The molecule has 8 heteroatoms. The van der Waals surface area contributed by atoms with Gasteiger partial charge < -0.3 is 10.2 Å². The summed E-state index contributed by atoms with van der Waals surface area (Å²) in [6.07, 6.45) is 1.11. The van der Waals surface area contributed by atoms with Crippen LogP contribution in [-0.4, -0.2) is 37.2 Å². The first-order valence-corrected chi connectivity index (χ1v) is 7.56. The Bertz CT molecular complexity index is 582. The highest BCUT2D eigenvalue weighted by Gasteiger charge is 2.21. The number of aliphatic carboxylic acids is 1. The van der Waals surface area contributed by atoms with Gasteiger partial charge in [-0.05, 0) is 30.2 Å². The van der Waals surface area contributed by atoms with Crippen molar-refractivity contribution in [1.29, 1.82) is 0 Å². The molecule has 0 amide bonds. The van der Waals surface area contributed by atoms with Crippen molar-refractivity contribution in [1.82, 2.24) is 4.72 Å². The Hall–Kier alpha value is -1.41. The molecule has 110 valence electrons. The summed E-state index contributed by atoms with van der Waals surface area (Å²) in [5.74, 6) is -1.34. The van der Waals surface area contributed by atoms with Crippen LogP contribution < -0.4 is 4.72 Å². The number of hydrogen-bond acceptors (Lipinski definition) is 4. The van der Waals surface area contributed by atoms with Gasteiger partial charge in [-0.3, -0.25) is 4.79 Å². The maximum atomic E-state index is 11.7. The first-order chi connectivity index (χ1) is 9.34. The lowest BCUT2D eigenvalue weighted by atomic mass is 10.2. The van der Waals surface area contributed by atoms with Crippen molar-refractivity contribution in [2.24, 2.45) is 0 Å². The van der Waals surface area contributed by atoms with Gasteiger partial charge in [0.15, 0.2) is 0 Å². The third-order valence-corrected chi connectivity index (χ3v) is 3.69. The largest absolute Gasteiger partial charge is 0.480 e. The zero-order valence-electron chi connectivity index (χ0n) is 10.4. The SMILES string of the molecule is O=C(O)C(CCO)NS(=O)(=O)C=Cc1ccc(Cl)cc1. The second-order valence-electron chi connectivity index (χ2n) is 3.92. The predicted molar refractivity (Wildman–Crippen MR) is 75.7 cm³/mol. The Morgan fingerprint density at radius 2 is 1.95 bits per heavy atom. The van der Waals surface area contributed by atoms with Crippen LogP contribution in [0, 0.1) is 0 Å². The number of halogens is 1. The highest BCUT2D eigenvalue weighted by atomic mass is 35.5. The van der Waals surface area contributed by atoms with E-state index in [0.717, 1.165) is 5.41 Å². The van der Waals surface area contributed by atoms with E-state index in [0.29, 0.717) is 10.6 Å². The maximum Gasteiger partial charge on any atom is 0.321 e. The molecule has 0 heterocycles. The van der Waals surface area contributed by atoms with E-state index in [4.69, 9.17) is 21.8 Å². The van der Waals surface area contributed by atoms with Gasteiger partial charge >= 0.3 is 5.97 Å². The molecule has 0 saturated carbocycles. The van der Waals surface area contributed by atoms with Gasteiger partial charge in [-0.1, -0.05) is 23.7 Å². The molecule has 0 aromatic heterocycles. The number of aliphatic hydroxyl groups is 1. The Morgan fingerprint density at radius 1 is 1.35 bits per heavy atom. The summed E-state index contributed by atoms with van der Waals surface area (Å²) in [7, 11) is -3.91. The van der Waals surface area contributed by atoms with Crippen LogP contribution in [0.4, 0.5) is 0 Å².